The third-order valence-corrected chi connectivity index (χ3v) is 5.22. The molecule has 0 radical (unpaired) electrons. The molecule has 1 rings (SSSR count). The predicted molar refractivity (Wildman–Crippen MR) is 109 cm³/mol. The molecule has 1 fully saturated rings. The van der Waals surface area contributed by atoms with Crippen LogP contribution in [0.1, 0.15) is 84.0 Å². The predicted octanol–water partition coefficient (Wildman–Crippen LogP) is 3.74. The molecule has 27 heavy (non-hydrogen) atoms. The first-order valence-corrected chi connectivity index (χ1v) is 11.1. The SMILES string of the molecule is CCCCCCCCCCC/C=C/CCCO[C@H](CO)[C@H]1OC[C@H](O)[C@H]1O. The van der Waals surface area contributed by atoms with Gasteiger partial charge in [-0.3, -0.25) is 0 Å². The van der Waals surface area contributed by atoms with Crippen molar-refractivity contribution in [2.24, 2.45) is 0 Å². The van der Waals surface area contributed by atoms with Crippen molar-refractivity contribution in [2.75, 3.05) is 19.8 Å². The zero-order valence-corrected chi connectivity index (χ0v) is 17.2. The fourth-order valence-electron chi connectivity index (χ4n) is 3.45. The van der Waals surface area contributed by atoms with Crippen molar-refractivity contribution in [1.29, 1.82) is 0 Å². The van der Waals surface area contributed by atoms with E-state index in [1.807, 2.05) is 0 Å². The minimum absolute atomic E-state index is 0.0906. The molecule has 5 nitrogen and oxygen atoms in total. The van der Waals surface area contributed by atoms with Crippen molar-refractivity contribution in [3.63, 3.8) is 0 Å². The molecule has 0 aromatic rings. The Morgan fingerprint density at radius 3 is 2.07 bits per heavy atom. The van der Waals surface area contributed by atoms with E-state index in [2.05, 4.69) is 19.1 Å². The van der Waals surface area contributed by atoms with Gasteiger partial charge < -0.3 is 24.8 Å². The van der Waals surface area contributed by atoms with Crippen LogP contribution in [0.4, 0.5) is 0 Å². The lowest BCUT2D eigenvalue weighted by atomic mass is 10.1. The smallest absolute Gasteiger partial charge is 0.114 e. The fraction of sp³-hybridized carbons (Fsp3) is 0.909. The van der Waals surface area contributed by atoms with Gasteiger partial charge in [0.2, 0.25) is 0 Å². The molecule has 4 atom stereocenters. The van der Waals surface area contributed by atoms with Gasteiger partial charge in [0, 0.05) is 6.61 Å². The summed E-state index contributed by atoms with van der Waals surface area (Å²) in [5, 5.41) is 28.7. The van der Waals surface area contributed by atoms with Crippen LogP contribution in [-0.4, -0.2) is 59.6 Å². The van der Waals surface area contributed by atoms with E-state index in [0.29, 0.717) is 6.61 Å². The molecule has 0 saturated carbocycles. The van der Waals surface area contributed by atoms with Crippen LogP contribution in [0.25, 0.3) is 0 Å². The molecule has 0 spiro atoms. The lowest BCUT2D eigenvalue weighted by Crippen LogP contribution is -2.42. The summed E-state index contributed by atoms with van der Waals surface area (Å²) >= 11 is 0. The maximum absolute atomic E-state index is 9.81. The summed E-state index contributed by atoms with van der Waals surface area (Å²) in [5.74, 6) is 0. The van der Waals surface area contributed by atoms with Gasteiger partial charge in [0.05, 0.1) is 13.2 Å². The molecular weight excluding hydrogens is 344 g/mol. The number of hydrogen-bond donors (Lipinski definition) is 3. The normalized spacial score (nSPS) is 24.1. The van der Waals surface area contributed by atoms with Gasteiger partial charge in [-0.2, -0.15) is 0 Å². The number of unbranched alkanes of at least 4 members (excludes halogenated alkanes) is 10. The molecule has 3 N–H and O–H groups in total. The van der Waals surface area contributed by atoms with E-state index < -0.39 is 24.4 Å². The molecule has 5 heteroatoms. The van der Waals surface area contributed by atoms with Gasteiger partial charge in [-0.1, -0.05) is 70.4 Å². The standard InChI is InChI=1S/C22H42O5/c1-2-3-4-5-6-7-8-9-10-11-12-13-14-15-16-26-20(17-23)22-21(25)19(24)18-27-22/h12-13,19-25H,2-11,14-18H2,1H3/b13-12+/t19-,20+,21+,22+/m0/s1. The van der Waals surface area contributed by atoms with Crippen LogP contribution < -0.4 is 0 Å². The molecule has 0 unspecified atom stereocenters. The molecular formula is C22H42O5. The Morgan fingerprint density at radius 1 is 0.926 bits per heavy atom. The van der Waals surface area contributed by atoms with Crippen LogP contribution in [0.15, 0.2) is 12.2 Å². The van der Waals surface area contributed by atoms with Crippen LogP contribution >= 0.6 is 0 Å². The molecule has 160 valence electrons. The first-order chi connectivity index (χ1) is 13.2. The number of allylic oxidation sites excluding steroid dienone is 2. The fourth-order valence-corrected chi connectivity index (χ4v) is 3.45. The molecule has 1 aliphatic heterocycles. The minimum atomic E-state index is -0.988. The summed E-state index contributed by atoms with van der Waals surface area (Å²) < 4.78 is 10.9. The van der Waals surface area contributed by atoms with Crippen molar-refractivity contribution >= 4 is 0 Å². The third kappa shape index (κ3) is 11.2. The van der Waals surface area contributed by atoms with Gasteiger partial charge >= 0.3 is 0 Å². The summed E-state index contributed by atoms with van der Waals surface area (Å²) in [7, 11) is 0. The first-order valence-electron chi connectivity index (χ1n) is 11.1. The van der Waals surface area contributed by atoms with Crippen molar-refractivity contribution < 1.29 is 24.8 Å². The highest BCUT2D eigenvalue weighted by atomic mass is 16.6. The molecule has 1 saturated heterocycles. The summed E-state index contributed by atoms with van der Waals surface area (Å²) in [6.07, 6.45) is 16.6. The van der Waals surface area contributed by atoms with E-state index in [1.54, 1.807) is 0 Å². The topological polar surface area (TPSA) is 79.2 Å². The molecule has 0 aromatic carbocycles. The monoisotopic (exact) mass is 386 g/mol. The van der Waals surface area contributed by atoms with Gasteiger partial charge in [-0.25, -0.2) is 0 Å². The third-order valence-electron chi connectivity index (χ3n) is 5.22. The molecule has 0 aliphatic carbocycles. The number of rotatable bonds is 17. The number of aliphatic hydroxyl groups is 3. The Bertz CT molecular complexity index is 361. The average molecular weight is 387 g/mol. The zero-order valence-electron chi connectivity index (χ0n) is 17.2. The van der Waals surface area contributed by atoms with Gasteiger partial charge in [0.1, 0.15) is 24.4 Å². The molecule has 1 aliphatic rings. The highest BCUT2D eigenvalue weighted by Gasteiger charge is 2.40. The lowest BCUT2D eigenvalue weighted by Gasteiger charge is -2.24. The van der Waals surface area contributed by atoms with Crippen molar-refractivity contribution in [2.45, 2.75) is 108 Å². The molecule has 0 bridgehead atoms. The van der Waals surface area contributed by atoms with Crippen LogP contribution in [0.3, 0.4) is 0 Å². The van der Waals surface area contributed by atoms with Gasteiger partial charge in [0.15, 0.2) is 0 Å². The lowest BCUT2D eigenvalue weighted by molar-refractivity contribution is -0.101. The van der Waals surface area contributed by atoms with Crippen LogP contribution in [-0.2, 0) is 9.47 Å². The maximum atomic E-state index is 9.81. The summed E-state index contributed by atoms with van der Waals surface area (Å²) in [6.45, 7) is 2.64. The summed E-state index contributed by atoms with van der Waals surface area (Å²) in [4.78, 5) is 0. The van der Waals surface area contributed by atoms with Crippen molar-refractivity contribution in [3.8, 4) is 0 Å². The van der Waals surface area contributed by atoms with E-state index >= 15 is 0 Å². The molecule has 1 heterocycles. The van der Waals surface area contributed by atoms with Gasteiger partial charge in [-0.05, 0) is 25.7 Å². The second-order valence-electron chi connectivity index (χ2n) is 7.68. The van der Waals surface area contributed by atoms with Crippen molar-refractivity contribution in [1.82, 2.24) is 0 Å². The van der Waals surface area contributed by atoms with Gasteiger partial charge in [-0.15, -0.1) is 0 Å². The quantitative estimate of drug-likeness (QED) is 0.262. The van der Waals surface area contributed by atoms with E-state index in [-0.39, 0.29) is 13.2 Å². The van der Waals surface area contributed by atoms with Crippen LogP contribution in [0.2, 0.25) is 0 Å². The Balaban J connectivity index is 1.91. The molecule has 0 aromatic heterocycles. The Labute approximate surface area is 165 Å². The number of hydrogen-bond acceptors (Lipinski definition) is 5. The van der Waals surface area contributed by atoms with Crippen LogP contribution in [0.5, 0.6) is 0 Å². The number of aliphatic hydroxyl groups excluding tert-OH is 3. The average Bonchev–Trinajstić information content (AvgIpc) is 3.00. The highest BCUT2D eigenvalue weighted by Crippen LogP contribution is 2.19. The summed E-state index contributed by atoms with van der Waals surface area (Å²) in [6, 6.07) is 0. The molecule has 0 amide bonds. The highest BCUT2D eigenvalue weighted by molar-refractivity contribution is 4.88. The van der Waals surface area contributed by atoms with E-state index in [9.17, 15) is 15.3 Å². The second-order valence-corrected chi connectivity index (χ2v) is 7.68. The second kappa shape index (κ2) is 16.5. The van der Waals surface area contributed by atoms with E-state index in [1.165, 1.54) is 57.8 Å². The Morgan fingerprint density at radius 2 is 1.52 bits per heavy atom. The Hall–Kier alpha value is -0.460. The maximum Gasteiger partial charge on any atom is 0.114 e. The van der Waals surface area contributed by atoms with Crippen molar-refractivity contribution in [3.05, 3.63) is 12.2 Å². The summed E-state index contributed by atoms with van der Waals surface area (Å²) in [5.41, 5.74) is 0. The zero-order chi connectivity index (χ0) is 19.7. The number of ether oxygens (including phenoxy) is 2. The minimum Gasteiger partial charge on any atom is -0.394 e. The van der Waals surface area contributed by atoms with Crippen LogP contribution in [0, 0.1) is 0 Å². The largest absolute Gasteiger partial charge is 0.394 e. The Kier molecular flexibility index (Phi) is 15.0. The van der Waals surface area contributed by atoms with E-state index in [0.717, 1.165) is 19.3 Å². The van der Waals surface area contributed by atoms with E-state index in [4.69, 9.17) is 9.47 Å². The van der Waals surface area contributed by atoms with Gasteiger partial charge in [0.25, 0.3) is 0 Å². The first kappa shape index (κ1) is 24.6.